The van der Waals surface area contributed by atoms with E-state index < -0.39 is 0 Å². The van der Waals surface area contributed by atoms with Crippen molar-refractivity contribution >= 4 is 23.1 Å². The van der Waals surface area contributed by atoms with Gasteiger partial charge in [-0.2, -0.15) is 0 Å². The molecule has 0 atom stereocenters. The standard InChI is InChI=1S/C19H17N3O3/c1-13(23)14-4-6-15(7-5-14)22-19(24)18-9-8-16(11-21-18)20-12-17-3-2-10-25-17/h2-11,20H,12H2,1H3,(H,22,24). The first kappa shape index (κ1) is 16.4. The maximum atomic E-state index is 12.2. The monoisotopic (exact) mass is 335 g/mol. The summed E-state index contributed by atoms with van der Waals surface area (Å²) in [5.74, 6) is 0.487. The van der Waals surface area contributed by atoms with Crippen LogP contribution in [0.3, 0.4) is 0 Å². The summed E-state index contributed by atoms with van der Waals surface area (Å²) < 4.78 is 5.24. The van der Waals surface area contributed by atoms with E-state index in [2.05, 4.69) is 15.6 Å². The lowest BCUT2D eigenvalue weighted by Crippen LogP contribution is -2.13. The number of pyridine rings is 1. The molecule has 1 aromatic carbocycles. The van der Waals surface area contributed by atoms with Crippen LogP contribution in [0.2, 0.25) is 0 Å². The van der Waals surface area contributed by atoms with E-state index in [1.165, 1.54) is 6.92 Å². The van der Waals surface area contributed by atoms with E-state index in [1.807, 2.05) is 12.1 Å². The summed E-state index contributed by atoms with van der Waals surface area (Å²) in [5, 5.41) is 5.91. The average Bonchev–Trinajstić information content (AvgIpc) is 3.14. The van der Waals surface area contributed by atoms with E-state index in [4.69, 9.17) is 4.42 Å². The Balaban J connectivity index is 1.59. The molecule has 0 radical (unpaired) electrons. The normalized spacial score (nSPS) is 10.3. The van der Waals surface area contributed by atoms with E-state index in [1.54, 1.807) is 48.9 Å². The molecule has 0 bridgehead atoms. The summed E-state index contributed by atoms with van der Waals surface area (Å²) in [6.07, 6.45) is 3.21. The van der Waals surface area contributed by atoms with Crippen molar-refractivity contribution in [3.8, 4) is 0 Å². The largest absolute Gasteiger partial charge is 0.467 e. The summed E-state index contributed by atoms with van der Waals surface area (Å²) in [6, 6.07) is 13.8. The number of aromatic nitrogens is 1. The molecule has 0 aliphatic rings. The van der Waals surface area contributed by atoms with Gasteiger partial charge in [-0.1, -0.05) is 0 Å². The van der Waals surface area contributed by atoms with Gasteiger partial charge in [-0.25, -0.2) is 4.98 Å². The number of carbonyl (C=O) groups excluding carboxylic acids is 2. The molecule has 126 valence electrons. The van der Waals surface area contributed by atoms with Gasteiger partial charge in [0, 0.05) is 11.3 Å². The van der Waals surface area contributed by atoms with E-state index in [-0.39, 0.29) is 11.7 Å². The summed E-state index contributed by atoms with van der Waals surface area (Å²) in [5.41, 5.74) is 2.30. The third-order valence-electron chi connectivity index (χ3n) is 3.59. The number of Topliss-reactive ketones (excluding diaryl/α,β-unsaturated/α-hetero) is 1. The molecule has 3 rings (SSSR count). The van der Waals surface area contributed by atoms with Crippen LogP contribution in [-0.2, 0) is 6.54 Å². The van der Waals surface area contributed by atoms with Gasteiger partial charge in [0.1, 0.15) is 11.5 Å². The van der Waals surface area contributed by atoms with Gasteiger partial charge in [0.15, 0.2) is 5.78 Å². The van der Waals surface area contributed by atoms with Gasteiger partial charge in [0.25, 0.3) is 5.91 Å². The number of nitrogens with one attached hydrogen (secondary N) is 2. The topological polar surface area (TPSA) is 84.2 Å². The van der Waals surface area contributed by atoms with Gasteiger partial charge in [-0.05, 0) is 55.5 Å². The third kappa shape index (κ3) is 4.32. The van der Waals surface area contributed by atoms with Gasteiger partial charge >= 0.3 is 0 Å². The molecule has 3 aromatic rings. The molecule has 0 spiro atoms. The van der Waals surface area contributed by atoms with Crippen molar-refractivity contribution in [3.63, 3.8) is 0 Å². The van der Waals surface area contributed by atoms with Crippen molar-refractivity contribution < 1.29 is 14.0 Å². The van der Waals surface area contributed by atoms with Crippen LogP contribution in [0.25, 0.3) is 0 Å². The van der Waals surface area contributed by atoms with E-state index in [0.29, 0.717) is 23.5 Å². The second-order valence-electron chi connectivity index (χ2n) is 5.45. The summed E-state index contributed by atoms with van der Waals surface area (Å²) >= 11 is 0. The first-order chi connectivity index (χ1) is 12.1. The van der Waals surface area contributed by atoms with Crippen molar-refractivity contribution in [1.29, 1.82) is 0 Å². The molecule has 0 fully saturated rings. The molecular formula is C19H17N3O3. The quantitative estimate of drug-likeness (QED) is 0.670. The van der Waals surface area contributed by atoms with Crippen molar-refractivity contribution in [2.24, 2.45) is 0 Å². The molecule has 1 amide bonds. The van der Waals surface area contributed by atoms with Crippen molar-refractivity contribution in [1.82, 2.24) is 4.98 Å². The lowest BCUT2D eigenvalue weighted by Gasteiger charge is -2.07. The number of benzene rings is 1. The SMILES string of the molecule is CC(=O)c1ccc(NC(=O)c2ccc(NCc3ccco3)cn2)cc1. The second-order valence-corrected chi connectivity index (χ2v) is 5.45. The minimum absolute atomic E-state index is 0.0165. The number of ketones is 1. The Labute approximate surface area is 144 Å². The maximum Gasteiger partial charge on any atom is 0.274 e. The number of rotatable bonds is 6. The highest BCUT2D eigenvalue weighted by atomic mass is 16.3. The summed E-state index contributed by atoms with van der Waals surface area (Å²) in [4.78, 5) is 27.6. The molecule has 0 saturated heterocycles. The highest BCUT2D eigenvalue weighted by molar-refractivity contribution is 6.03. The Morgan fingerprint density at radius 3 is 2.40 bits per heavy atom. The van der Waals surface area contributed by atoms with Crippen molar-refractivity contribution in [3.05, 3.63) is 78.0 Å². The number of furan rings is 1. The molecule has 25 heavy (non-hydrogen) atoms. The minimum Gasteiger partial charge on any atom is -0.467 e. The van der Waals surface area contributed by atoms with Gasteiger partial charge < -0.3 is 15.1 Å². The van der Waals surface area contributed by atoms with E-state index in [9.17, 15) is 9.59 Å². The lowest BCUT2D eigenvalue weighted by atomic mass is 10.1. The van der Waals surface area contributed by atoms with Crippen LogP contribution in [0.15, 0.2) is 65.4 Å². The fourth-order valence-corrected chi connectivity index (χ4v) is 2.22. The van der Waals surface area contributed by atoms with Gasteiger partial charge in [-0.3, -0.25) is 9.59 Å². The summed E-state index contributed by atoms with van der Waals surface area (Å²) in [7, 11) is 0. The zero-order valence-electron chi connectivity index (χ0n) is 13.7. The highest BCUT2D eigenvalue weighted by Gasteiger charge is 2.08. The highest BCUT2D eigenvalue weighted by Crippen LogP contribution is 2.13. The number of hydrogen-bond donors (Lipinski definition) is 2. The molecular weight excluding hydrogens is 318 g/mol. The molecule has 2 aromatic heterocycles. The molecule has 0 saturated carbocycles. The van der Waals surface area contributed by atoms with Crippen LogP contribution in [-0.4, -0.2) is 16.7 Å². The van der Waals surface area contributed by atoms with Crippen LogP contribution in [0.4, 0.5) is 11.4 Å². The van der Waals surface area contributed by atoms with Crippen LogP contribution in [0.5, 0.6) is 0 Å². The number of nitrogens with zero attached hydrogens (tertiary/aromatic N) is 1. The van der Waals surface area contributed by atoms with Crippen molar-refractivity contribution in [2.75, 3.05) is 10.6 Å². The number of carbonyl (C=O) groups is 2. The van der Waals surface area contributed by atoms with Gasteiger partial charge in [-0.15, -0.1) is 0 Å². The van der Waals surface area contributed by atoms with Crippen LogP contribution >= 0.6 is 0 Å². The van der Waals surface area contributed by atoms with Crippen molar-refractivity contribution in [2.45, 2.75) is 13.5 Å². The Morgan fingerprint density at radius 2 is 1.80 bits per heavy atom. The van der Waals surface area contributed by atoms with Crippen LogP contribution < -0.4 is 10.6 Å². The smallest absolute Gasteiger partial charge is 0.274 e. The zero-order chi connectivity index (χ0) is 17.6. The van der Waals surface area contributed by atoms with E-state index in [0.717, 1.165) is 11.4 Å². The Hall–Kier alpha value is -3.41. The number of amides is 1. The van der Waals surface area contributed by atoms with Crippen LogP contribution in [0.1, 0.15) is 33.5 Å². The molecule has 2 N–H and O–H groups in total. The van der Waals surface area contributed by atoms with Gasteiger partial charge in [0.05, 0.1) is 24.7 Å². The fraction of sp³-hybridized carbons (Fsp3) is 0.105. The van der Waals surface area contributed by atoms with E-state index >= 15 is 0 Å². The maximum absolute atomic E-state index is 12.2. The fourth-order valence-electron chi connectivity index (χ4n) is 2.22. The summed E-state index contributed by atoms with van der Waals surface area (Å²) in [6.45, 7) is 2.04. The Kier molecular flexibility index (Phi) is 4.89. The third-order valence-corrected chi connectivity index (χ3v) is 3.59. The number of anilines is 2. The minimum atomic E-state index is -0.312. The number of hydrogen-bond acceptors (Lipinski definition) is 5. The van der Waals surface area contributed by atoms with Crippen LogP contribution in [0, 0.1) is 0 Å². The molecule has 6 nitrogen and oxygen atoms in total. The molecule has 0 unspecified atom stereocenters. The molecule has 6 heteroatoms. The lowest BCUT2D eigenvalue weighted by molar-refractivity contribution is 0.101. The van der Waals surface area contributed by atoms with Gasteiger partial charge in [0.2, 0.25) is 0 Å². The predicted molar refractivity (Wildman–Crippen MR) is 94.7 cm³/mol. The molecule has 2 heterocycles. The second kappa shape index (κ2) is 7.44. The predicted octanol–water partition coefficient (Wildman–Crippen LogP) is 3.74. The zero-order valence-corrected chi connectivity index (χ0v) is 13.7. The molecule has 0 aliphatic heterocycles. The molecule has 0 aliphatic carbocycles. The first-order valence-corrected chi connectivity index (χ1v) is 7.76. The first-order valence-electron chi connectivity index (χ1n) is 7.76. The Bertz CT molecular complexity index is 854. The Morgan fingerprint density at radius 1 is 1.04 bits per heavy atom. The average molecular weight is 335 g/mol.